The van der Waals surface area contributed by atoms with Crippen LogP contribution in [0.1, 0.15) is 5.56 Å². The number of nitro benzene ring substituents is 1. The summed E-state index contributed by atoms with van der Waals surface area (Å²) in [6.45, 7) is 0. The second kappa shape index (κ2) is 5.95. The van der Waals surface area contributed by atoms with Gasteiger partial charge in [0.2, 0.25) is 0 Å². The summed E-state index contributed by atoms with van der Waals surface area (Å²) >= 11 is 7.60. The van der Waals surface area contributed by atoms with Gasteiger partial charge in [-0.2, -0.15) is 0 Å². The van der Waals surface area contributed by atoms with Crippen LogP contribution >= 0.6 is 23.4 Å². The topological polar surface area (TPSA) is 69.2 Å². The van der Waals surface area contributed by atoms with Gasteiger partial charge >= 0.3 is 0 Å². The van der Waals surface area contributed by atoms with Crippen LogP contribution < -0.4 is 5.73 Å². The van der Waals surface area contributed by atoms with Gasteiger partial charge in [-0.15, -0.1) is 11.8 Å². The second-order valence-corrected chi connectivity index (χ2v) is 5.31. The molecule has 0 bridgehead atoms. The van der Waals surface area contributed by atoms with Crippen molar-refractivity contribution in [1.29, 1.82) is 0 Å². The maximum atomic E-state index is 10.7. The van der Waals surface area contributed by atoms with Crippen LogP contribution in [0.4, 0.5) is 11.4 Å². The Kier molecular flexibility index (Phi) is 4.29. The highest BCUT2D eigenvalue weighted by Gasteiger charge is 2.11. The van der Waals surface area contributed by atoms with Crippen LogP contribution in [0.25, 0.3) is 0 Å². The number of halogens is 1. The second-order valence-electron chi connectivity index (χ2n) is 3.86. The van der Waals surface area contributed by atoms with Gasteiger partial charge in [-0.25, -0.2) is 0 Å². The summed E-state index contributed by atoms with van der Waals surface area (Å²) in [5, 5.41) is 11.4. The predicted octanol–water partition coefficient (Wildman–Crippen LogP) is 4.12. The third-order valence-electron chi connectivity index (χ3n) is 2.55. The number of nitro groups is 1. The summed E-state index contributed by atoms with van der Waals surface area (Å²) in [6, 6.07) is 12.3. The minimum atomic E-state index is -0.488. The van der Waals surface area contributed by atoms with E-state index in [0.717, 1.165) is 10.5 Å². The number of benzene rings is 2. The van der Waals surface area contributed by atoms with Gasteiger partial charge in [0.05, 0.1) is 4.92 Å². The van der Waals surface area contributed by atoms with E-state index in [1.807, 2.05) is 24.3 Å². The van der Waals surface area contributed by atoms with Gasteiger partial charge in [0.15, 0.2) is 0 Å². The van der Waals surface area contributed by atoms with E-state index in [1.54, 1.807) is 12.1 Å². The van der Waals surface area contributed by atoms with Crippen molar-refractivity contribution in [3.8, 4) is 0 Å². The first-order valence-electron chi connectivity index (χ1n) is 5.48. The first kappa shape index (κ1) is 13.7. The Labute approximate surface area is 119 Å². The number of anilines is 1. The molecule has 0 amide bonds. The molecule has 0 saturated heterocycles. The lowest BCUT2D eigenvalue weighted by molar-refractivity contribution is -0.383. The number of nitrogen functional groups attached to an aromatic ring is 1. The molecule has 0 aliphatic rings. The third-order valence-corrected chi connectivity index (χ3v) is 3.96. The maximum absolute atomic E-state index is 10.7. The van der Waals surface area contributed by atoms with Crippen LogP contribution in [-0.4, -0.2) is 4.92 Å². The molecule has 2 N–H and O–H groups in total. The fraction of sp³-hybridized carbons (Fsp3) is 0.0769. The highest BCUT2D eigenvalue weighted by Crippen LogP contribution is 2.31. The van der Waals surface area contributed by atoms with Crippen molar-refractivity contribution in [3.63, 3.8) is 0 Å². The molecule has 2 aromatic rings. The van der Waals surface area contributed by atoms with Crippen molar-refractivity contribution in [2.45, 2.75) is 10.6 Å². The summed E-state index contributed by atoms with van der Waals surface area (Å²) in [4.78, 5) is 11.0. The highest BCUT2D eigenvalue weighted by molar-refractivity contribution is 7.98. The average Bonchev–Trinajstić information content (AvgIpc) is 2.37. The standard InChI is InChI=1S/C13H11ClN2O2S/c14-11-4-2-1-3-9(11)8-19-10-5-6-13(16(17)18)12(15)7-10/h1-7H,8,15H2. The number of nitrogens with zero attached hydrogens (tertiary/aromatic N) is 1. The minimum Gasteiger partial charge on any atom is -0.393 e. The lowest BCUT2D eigenvalue weighted by Crippen LogP contribution is -1.95. The van der Waals surface area contributed by atoms with Crippen molar-refractivity contribution in [2.75, 3.05) is 5.73 Å². The molecule has 0 aromatic heterocycles. The molecule has 6 heteroatoms. The molecule has 0 aliphatic heterocycles. The highest BCUT2D eigenvalue weighted by atomic mass is 35.5. The summed E-state index contributed by atoms with van der Waals surface area (Å²) in [5.41, 5.74) is 6.77. The lowest BCUT2D eigenvalue weighted by atomic mass is 10.2. The molecule has 0 saturated carbocycles. The van der Waals surface area contributed by atoms with E-state index in [1.165, 1.54) is 17.8 Å². The van der Waals surface area contributed by atoms with Gasteiger partial charge < -0.3 is 5.73 Å². The first-order chi connectivity index (χ1) is 9.08. The molecule has 2 rings (SSSR count). The molecule has 0 unspecified atom stereocenters. The fourth-order valence-corrected chi connectivity index (χ4v) is 2.80. The molecular formula is C13H11ClN2O2S. The maximum Gasteiger partial charge on any atom is 0.292 e. The zero-order valence-corrected chi connectivity index (χ0v) is 11.4. The Hall–Kier alpha value is -1.72. The van der Waals surface area contributed by atoms with Gasteiger partial charge in [-0.05, 0) is 23.8 Å². The summed E-state index contributed by atoms with van der Waals surface area (Å²) < 4.78 is 0. The Bertz CT molecular complexity index is 619. The van der Waals surface area contributed by atoms with Crippen LogP contribution in [0, 0.1) is 10.1 Å². The molecule has 19 heavy (non-hydrogen) atoms. The molecule has 0 fully saturated rings. The SMILES string of the molecule is Nc1cc(SCc2ccccc2Cl)ccc1[N+](=O)[O-]. The van der Waals surface area contributed by atoms with Crippen LogP contribution in [0.2, 0.25) is 5.02 Å². The Morgan fingerprint density at radius 1 is 1.26 bits per heavy atom. The number of hydrogen-bond acceptors (Lipinski definition) is 4. The zero-order valence-electron chi connectivity index (χ0n) is 9.88. The largest absolute Gasteiger partial charge is 0.393 e. The smallest absolute Gasteiger partial charge is 0.292 e. The zero-order chi connectivity index (χ0) is 13.8. The van der Waals surface area contributed by atoms with E-state index in [2.05, 4.69) is 0 Å². The van der Waals surface area contributed by atoms with Gasteiger partial charge in [-0.1, -0.05) is 29.8 Å². The Balaban J connectivity index is 2.11. The molecule has 4 nitrogen and oxygen atoms in total. The monoisotopic (exact) mass is 294 g/mol. The molecule has 0 aliphatic carbocycles. The van der Waals surface area contributed by atoms with Crippen molar-refractivity contribution >= 4 is 34.7 Å². The van der Waals surface area contributed by atoms with Gasteiger partial charge in [-0.3, -0.25) is 10.1 Å². The number of hydrogen-bond donors (Lipinski definition) is 1. The summed E-state index contributed by atoms with van der Waals surface area (Å²) in [6.07, 6.45) is 0. The van der Waals surface area contributed by atoms with Crippen LogP contribution in [-0.2, 0) is 5.75 Å². The van der Waals surface area contributed by atoms with Crippen molar-refractivity contribution in [3.05, 3.63) is 63.2 Å². The molecular weight excluding hydrogens is 284 g/mol. The Morgan fingerprint density at radius 3 is 2.63 bits per heavy atom. The van der Waals surface area contributed by atoms with Gasteiger partial charge in [0.1, 0.15) is 5.69 Å². The predicted molar refractivity (Wildman–Crippen MR) is 78.5 cm³/mol. The number of thioether (sulfide) groups is 1. The van der Waals surface area contributed by atoms with E-state index in [-0.39, 0.29) is 11.4 Å². The van der Waals surface area contributed by atoms with Crippen LogP contribution in [0.15, 0.2) is 47.4 Å². The fourth-order valence-electron chi connectivity index (χ4n) is 1.57. The first-order valence-corrected chi connectivity index (χ1v) is 6.84. The van der Waals surface area contributed by atoms with Crippen molar-refractivity contribution in [2.24, 2.45) is 0 Å². The molecule has 0 radical (unpaired) electrons. The molecule has 0 spiro atoms. The summed E-state index contributed by atoms with van der Waals surface area (Å²) in [5.74, 6) is 0.691. The average molecular weight is 295 g/mol. The quantitative estimate of drug-likeness (QED) is 0.398. The Morgan fingerprint density at radius 2 is 2.00 bits per heavy atom. The molecule has 98 valence electrons. The molecule has 0 heterocycles. The van der Waals surface area contributed by atoms with E-state index in [4.69, 9.17) is 17.3 Å². The molecule has 2 aromatic carbocycles. The van der Waals surface area contributed by atoms with Crippen LogP contribution in [0.3, 0.4) is 0 Å². The number of nitrogens with two attached hydrogens (primary N) is 1. The minimum absolute atomic E-state index is 0.0675. The van der Waals surface area contributed by atoms with Gasteiger partial charge in [0.25, 0.3) is 5.69 Å². The van der Waals surface area contributed by atoms with E-state index >= 15 is 0 Å². The van der Waals surface area contributed by atoms with Crippen molar-refractivity contribution in [1.82, 2.24) is 0 Å². The molecule has 0 atom stereocenters. The lowest BCUT2D eigenvalue weighted by Gasteiger charge is -2.05. The van der Waals surface area contributed by atoms with Crippen molar-refractivity contribution < 1.29 is 4.92 Å². The third kappa shape index (κ3) is 3.39. The summed E-state index contributed by atoms with van der Waals surface area (Å²) in [7, 11) is 0. The van der Waals surface area contributed by atoms with E-state index < -0.39 is 4.92 Å². The van der Waals surface area contributed by atoms with Gasteiger partial charge in [0, 0.05) is 21.7 Å². The normalized spacial score (nSPS) is 10.4. The number of rotatable bonds is 4. The van der Waals surface area contributed by atoms with Crippen LogP contribution in [0.5, 0.6) is 0 Å². The van der Waals surface area contributed by atoms with E-state index in [0.29, 0.717) is 10.8 Å². The van der Waals surface area contributed by atoms with E-state index in [9.17, 15) is 10.1 Å².